The first-order valence-corrected chi connectivity index (χ1v) is 12.3. The van der Waals surface area contributed by atoms with Crippen LogP contribution >= 0.6 is 7.82 Å². The third-order valence-electron chi connectivity index (χ3n) is 5.78. The molecule has 0 aliphatic heterocycles. The summed E-state index contributed by atoms with van der Waals surface area (Å²) in [4.78, 5) is 0. The van der Waals surface area contributed by atoms with Gasteiger partial charge in [0.1, 0.15) is 11.5 Å². The molecular weight excluding hydrogens is 447 g/mol. The minimum absolute atomic E-state index is 0.0591. The molecule has 0 aromatic heterocycles. The van der Waals surface area contributed by atoms with Crippen LogP contribution in [-0.2, 0) is 4.57 Å². The predicted molar refractivity (Wildman–Crippen MR) is 135 cm³/mol. The molecule has 0 aliphatic carbocycles. The number of hydrogen-bond acceptors (Lipinski definition) is 5. The molecule has 0 amide bonds. The molecule has 5 aromatic rings. The van der Waals surface area contributed by atoms with Gasteiger partial charge < -0.3 is 18.7 Å². The van der Waals surface area contributed by atoms with Crippen molar-refractivity contribution in [3.8, 4) is 23.0 Å². The van der Waals surface area contributed by atoms with Crippen molar-refractivity contribution in [1.29, 1.82) is 0 Å². The predicted octanol–water partition coefficient (Wildman–Crippen LogP) is 7.96. The molecule has 34 heavy (non-hydrogen) atoms. The first-order valence-electron chi connectivity index (χ1n) is 10.9. The van der Waals surface area contributed by atoms with Crippen LogP contribution in [0.4, 0.5) is 0 Å². The zero-order valence-corrected chi connectivity index (χ0v) is 19.7. The van der Waals surface area contributed by atoms with Gasteiger partial charge in [-0.1, -0.05) is 78.9 Å². The van der Waals surface area contributed by atoms with Crippen molar-refractivity contribution in [2.24, 2.45) is 0 Å². The number of benzene rings is 5. The molecule has 6 heteroatoms. The highest BCUT2D eigenvalue weighted by atomic mass is 31.2. The number of rotatable bonds is 6. The van der Waals surface area contributed by atoms with Gasteiger partial charge >= 0.3 is 7.82 Å². The molecule has 170 valence electrons. The van der Waals surface area contributed by atoms with Crippen LogP contribution in [0.2, 0.25) is 0 Å². The second-order valence-corrected chi connectivity index (χ2v) is 9.47. The summed E-state index contributed by atoms with van der Waals surface area (Å²) >= 11 is 0. The normalized spacial score (nSPS) is 11.5. The van der Waals surface area contributed by atoms with Gasteiger partial charge in [-0.2, -0.15) is 4.57 Å². The van der Waals surface area contributed by atoms with E-state index in [1.165, 1.54) is 6.07 Å². The number of phosphoric ester groups is 1. The molecule has 0 aliphatic rings. The Hall–Kier alpha value is -3.95. The summed E-state index contributed by atoms with van der Waals surface area (Å²) in [6.07, 6.45) is 0. The summed E-state index contributed by atoms with van der Waals surface area (Å²) in [7, 11) is -4.33. The van der Waals surface area contributed by atoms with E-state index in [2.05, 4.69) is 0 Å². The Morgan fingerprint density at radius 3 is 1.68 bits per heavy atom. The Morgan fingerprint density at radius 2 is 1.12 bits per heavy atom. The molecule has 0 radical (unpaired) electrons. The summed E-state index contributed by atoms with van der Waals surface area (Å²) in [6, 6.07) is 29.4. The van der Waals surface area contributed by atoms with Gasteiger partial charge in [0, 0.05) is 10.8 Å². The number of phosphoric acid groups is 1. The van der Waals surface area contributed by atoms with Gasteiger partial charge in [0.2, 0.25) is 0 Å². The Bertz CT molecular complexity index is 1460. The number of aryl methyl sites for hydroxylation is 1. The quantitative estimate of drug-likeness (QED) is 0.255. The second-order valence-electron chi connectivity index (χ2n) is 8.03. The average Bonchev–Trinajstić information content (AvgIpc) is 2.85. The van der Waals surface area contributed by atoms with E-state index < -0.39 is 7.82 Å². The second kappa shape index (κ2) is 8.77. The average molecular weight is 470 g/mol. The number of phenols is 1. The highest BCUT2D eigenvalue weighted by Crippen LogP contribution is 2.54. The van der Waals surface area contributed by atoms with Gasteiger partial charge in [0.05, 0.1) is 0 Å². The summed E-state index contributed by atoms with van der Waals surface area (Å²) in [6.45, 7) is 3.66. The Morgan fingerprint density at radius 1 is 0.618 bits per heavy atom. The van der Waals surface area contributed by atoms with Crippen molar-refractivity contribution in [3.05, 3.63) is 108 Å². The van der Waals surface area contributed by atoms with E-state index in [0.717, 1.165) is 27.1 Å². The fraction of sp³-hybridized carbons (Fsp3) is 0.0714. The lowest BCUT2D eigenvalue weighted by atomic mass is 10.1. The van der Waals surface area contributed by atoms with Crippen molar-refractivity contribution >= 4 is 29.4 Å². The van der Waals surface area contributed by atoms with E-state index in [1.54, 1.807) is 25.1 Å². The summed E-state index contributed by atoms with van der Waals surface area (Å²) in [5.74, 6) is 0.619. The van der Waals surface area contributed by atoms with E-state index in [1.807, 2.05) is 79.7 Å². The van der Waals surface area contributed by atoms with Gasteiger partial charge in [0.15, 0.2) is 11.5 Å². The third kappa shape index (κ3) is 4.18. The van der Waals surface area contributed by atoms with Crippen LogP contribution in [0.5, 0.6) is 23.0 Å². The highest BCUT2D eigenvalue weighted by Gasteiger charge is 2.36. The van der Waals surface area contributed by atoms with Crippen molar-refractivity contribution < 1.29 is 23.2 Å². The van der Waals surface area contributed by atoms with E-state index in [-0.39, 0.29) is 11.5 Å². The highest BCUT2D eigenvalue weighted by molar-refractivity contribution is 7.49. The lowest BCUT2D eigenvalue weighted by Gasteiger charge is -2.22. The van der Waals surface area contributed by atoms with Crippen molar-refractivity contribution in [2.45, 2.75) is 13.8 Å². The maximum absolute atomic E-state index is 14.2. The SMILES string of the molecule is Cc1ccc(O)c(OP(=O)(Oc2cccc3ccccc23)Oc2cccc3ccccc23)c1C. The first kappa shape index (κ1) is 21.9. The van der Waals surface area contributed by atoms with Crippen LogP contribution in [0.25, 0.3) is 21.5 Å². The molecule has 0 spiro atoms. The fourth-order valence-electron chi connectivity index (χ4n) is 3.85. The van der Waals surface area contributed by atoms with Gasteiger partial charge in [0.25, 0.3) is 0 Å². The maximum Gasteiger partial charge on any atom is 0.647 e. The zero-order chi connectivity index (χ0) is 23.7. The molecule has 5 aromatic carbocycles. The van der Waals surface area contributed by atoms with E-state index in [9.17, 15) is 9.67 Å². The standard InChI is InChI=1S/C28H23O5P/c1-19-17-18-25(29)28(20(19)2)33-34(30,31-26-15-7-11-21-9-3-5-13-23(21)26)32-27-16-8-12-22-10-4-6-14-24(22)27/h3-18,29H,1-2H3. The van der Waals surface area contributed by atoms with E-state index >= 15 is 0 Å². The van der Waals surface area contributed by atoms with Gasteiger partial charge in [-0.05, 0) is 53.9 Å². The molecule has 0 heterocycles. The number of aromatic hydroxyl groups is 1. The maximum atomic E-state index is 14.2. The molecule has 0 saturated heterocycles. The zero-order valence-electron chi connectivity index (χ0n) is 18.8. The molecular formula is C28H23O5P. The van der Waals surface area contributed by atoms with Crippen LogP contribution < -0.4 is 13.6 Å². The molecule has 1 N–H and O–H groups in total. The summed E-state index contributed by atoms with van der Waals surface area (Å²) in [5, 5.41) is 13.9. The molecule has 0 saturated carbocycles. The number of phenolic OH excluding ortho intramolecular Hbond substituents is 1. The van der Waals surface area contributed by atoms with Gasteiger partial charge in [-0.25, -0.2) is 0 Å². The smallest absolute Gasteiger partial charge is 0.504 e. The molecule has 5 rings (SSSR count). The van der Waals surface area contributed by atoms with Crippen LogP contribution in [0.15, 0.2) is 97.1 Å². The van der Waals surface area contributed by atoms with Crippen molar-refractivity contribution in [3.63, 3.8) is 0 Å². The lowest BCUT2D eigenvalue weighted by Crippen LogP contribution is -2.09. The molecule has 0 unspecified atom stereocenters. The van der Waals surface area contributed by atoms with Gasteiger partial charge in [-0.15, -0.1) is 0 Å². The fourth-order valence-corrected chi connectivity index (χ4v) is 5.22. The minimum atomic E-state index is -4.33. The Kier molecular flexibility index (Phi) is 5.64. The Balaban J connectivity index is 1.63. The van der Waals surface area contributed by atoms with Crippen LogP contribution in [0, 0.1) is 13.8 Å². The summed E-state index contributed by atoms with van der Waals surface area (Å²) in [5.41, 5.74) is 1.51. The largest absolute Gasteiger partial charge is 0.647 e. The topological polar surface area (TPSA) is 65.0 Å². The third-order valence-corrected chi connectivity index (χ3v) is 7.03. The molecule has 0 bridgehead atoms. The number of fused-ring (bicyclic) bond motifs is 2. The lowest BCUT2D eigenvalue weighted by molar-refractivity contribution is 0.293. The van der Waals surface area contributed by atoms with Crippen LogP contribution in [-0.4, -0.2) is 5.11 Å². The van der Waals surface area contributed by atoms with Gasteiger partial charge in [-0.3, -0.25) is 0 Å². The van der Waals surface area contributed by atoms with E-state index in [0.29, 0.717) is 17.1 Å². The van der Waals surface area contributed by atoms with Crippen molar-refractivity contribution in [2.75, 3.05) is 0 Å². The van der Waals surface area contributed by atoms with Crippen molar-refractivity contribution in [1.82, 2.24) is 0 Å². The minimum Gasteiger partial charge on any atom is -0.504 e. The first-order chi connectivity index (χ1) is 16.4. The monoisotopic (exact) mass is 470 g/mol. The molecule has 0 fully saturated rings. The Labute approximate surface area is 197 Å². The summed E-state index contributed by atoms with van der Waals surface area (Å²) < 4.78 is 32.2. The van der Waals surface area contributed by atoms with E-state index in [4.69, 9.17) is 13.6 Å². The molecule has 5 nitrogen and oxygen atoms in total. The van der Waals surface area contributed by atoms with Crippen LogP contribution in [0.1, 0.15) is 11.1 Å². The van der Waals surface area contributed by atoms with Crippen LogP contribution in [0.3, 0.4) is 0 Å². The molecule has 0 atom stereocenters. The number of hydrogen-bond donors (Lipinski definition) is 1.